The summed E-state index contributed by atoms with van der Waals surface area (Å²) in [4.78, 5) is 39.9. The van der Waals surface area contributed by atoms with Gasteiger partial charge in [0.05, 0.1) is 18.1 Å². The van der Waals surface area contributed by atoms with Crippen molar-refractivity contribution in [3.63, 3.8) is 0 Å². The van der Waals surface area contributed by atoms with Crippen LogP contribution in [0.5, 0.6) is 11.5 Å². The minimum atomic E-state index is -1.25. The Bertz CT molecular complexity index is 1220. The maximum Gasteiger partial charge on any atom is 0.308 e. The summed E-state index contributed by atoms with van der Waals surface area (Å²) in [5.74, 6) is -3.33. The number of carbonyl (C=O) groups is 3. The van der Waals surface area contributed by atoms with Crippen LogP contribution < -0.4 is 0 Å². The SMILES string of the molecule is C=CC(C)(CO)c1c(O)cc2c(c1O)C(=O)C1=C(C2=O)C2CC(C)C(OC(=O)C(C)C)CC2C(C)(C)O1. The number of phenols is 2. The number of hydrogen-bond donors (Lipinski definition) is 3. The van der Waals surface area contributed by atoms with Crippen molar-refractivity contribution in [3.05, 3.63) is 46.7 Å². The lowest BCUT2D eigenvalue weighted by atomic mass is 9.61. The molecule has 0 saturated heterocycles. The van der Waals surface area contributed by atoms with Crippen molar-refractivity contribution in [1.29, 1.82) is 0 Å². The number of aliphatic hydroxyl groups excluding tert-OH is 1. The predicted molar refractivity (Wildman–Crippen MR) is 135 cm³/mol. The fourth-order valence-corrected chi connectivity index (χ4v) is 6.03. The molecule has 0 amide bonds. The van der Waals surface area contributed by atoms with Crippen LogP contribution in [0, 0.1) is 23.7 Å². The van der Waals surface area contributed by atoms with E-state index in [2.05, 4.69) is 6.58 Å². The van der Waals surface area contributed by atoms with Crippen molar-refractivity contribution in [2.45, 2.75) is 71.5 Å². The lowest BCUT2D eigenvalue weighted by molar-refractivity contribution is -0.164. The van der Waals surface area contributed by atoms with Gasteiger partial charge in [0.25, 0.3) is 0 Å². The van der Waals surface area contributed by atoms with Gasteiger partial charge in [0.2, 0.25) is 5.78 Å². The topological polar surface area (TPSA) is 130 Å². The number of fused-ring (bicyclic) bond motifs is 3. The van der Waals surface area contributed by atoms with E-state index in [0.717, 1.165) is 0 Å². The Morgan fingerprint density at radius 2 is 1.92 bits per heavy atom. The van der Waals surface area contributed by atoms with E-state index in [4.69, 9.17) is 9.47 Å². The highest BCUT2D eigenvalue weighted by Gasteiger charge is 2.55. The first kappa shape index (κ1) is 26.9. The number of ketones is 2. The highest BCUT2D eigenvalue weighted by Crippen LogP contribution is 2.54. The quantitative estimate of drug-likeness (QED) is 0.395. The molecule has 3 N–H and O–H groups in total. The Labute approximate surface area is 217 Å². The van der Waals surface area contributed by atoms with Gasteiger partial charge in [-0.2, -0.15) is 0 Å². The summed E-state index contributed by atoms with van der Waals surface area (Å²) in [6, 6.07) is 1.18. The number of phenolic OH excluding ortho intramolecular Hbond substituents is 2. The normalized spacial score (nSPS) is 28.0. The molecule has 200 valence electrons. The van der Waals surface area contributed by atoms with Crippen molar-refractivity contribution in [2.24, 2.45) is 23.7 Å². The van der Waals surface area contributed by atoms with Crippen molar-refractivity contribution in [1.82, 2.24) is 0 Å². The number of allylic oxidation sites excluding steroid dienone is 2. The van der Waals surface area contributed by atoms with Crippen LogP contribution in [0.15, 0.2) is 30.1 Å². The Hall–Kier alpha value is -3.13. The largest absolute Gasteiger partial charge is 0.507 e. The fraction of sp³-hybridized carbons (Fsp3) is 0.552. The molecular formula is C29H36O8. The highest BCUT2D eigenvalue weighted by molar-refractivity contribution is 6.28. The molecule has 0 aromatic heterocycles. The van der Waals surface area contributed by atoms with Gasteiger partial charge in [-0.1, -0.05) is 26.8 Å². The van der Waals surface area contributed by atoms with Crippen molar-refractivity contribution in [3.8, 4) is 11.5 Å². The maximum atomic E-state index is 13.9. The zero-order valence-corrected chi connectivity index (χ0v) is 22.3. The average Bonchev–Trinajstić information content (AvgIpc) is 2.82. The number of aromatic hydroxyl groups is 2. The molecule has 8 heteroatoms. The van der Waals surface area contributed by atoms with Crippen LogP contribution in [0.1, 0.15) is 80.7 Å². The number of ether oxygens (including phenoxy) is 2. The van der Waals surface area contributed by atoms with E-state index >= 15 is 0 Å². The van der Waals surface area contributed by atoms with Crippen molar-refractivity contribution in [2.75, 3.05) is 6.61 Å². The monoisotopic (exact) mass is 512 g/mol. The molecule has 37 heavy (non-hydrogen) atoms. The summed E-state index contributed by atoms with van der Waals surface area (Å²) < 4.78 is 12.0. The molecule has 2 aliphatic carbocycles. The summed E-state index contributed by atoms with van der Waals surface area (Å²) >= 11 is 0. The summed E-state index contributed by atoms with van der Waals surface area (Å²) in [5, 5.41) is 31.8. The van der Waals surface area contributed by atoms with Crippen LogP contribution >= 0.6 is 0 Å². The van der Waals surface area contributed by atoms with Gasteiger partial charge >= 0.3 is 5.97 Å². The van der Waals surface area contributed by atoms with Gasteiger partial charge in [0.1, 0.15) is 23.2 Å². The van der Waals surface area contributed by atoms with Gasteiger partial charge in [0.15, 0.2) is 11.5 Å². The molecule has 4 rings (SSSR count). The second-order valence-corrected chi connectivity index (χ2v) is 11.7. The Morgan fingerprint density at radius 1 is 1.27 bits per heavy atom. The Morgan fingerprint density at radius 3 is 2.49 bits per heavy atom. The van der Waals surface area contributed by atoms with Crippen molar-refractivity contribution < 1.29 is 39.2 Å². The Balaban J connectivity index is 1.81. The average molecular weight is 513 g/mol. The molecule has 1 saturated carbocycles. The number of aliphatic hydroxyl groups is 1. The predicted octanol–water partition coefficient (Wildman–Crippen LogP) is 4.21. The van der Waals surface area contributed by atoms with Crippen LogP contribution in [0.4, 0.5) is 0 Å². The smallest absolute Gasteiger partial charge is 0.308 e. The summed E-state index contributed by atoms with van der Waals surface area (Å²) in [6.45, 7) is 14.0. The minimum absolute atomic E-state index is 0.0575. The summed E-state index contributed by atoms with van der Waals surface area (Å²) in [5.41, 5.74) is -2.30. The van der Waals surface area contributed by atoms with Gasteiger partial charge < -0.3 is 24.8 Å². The molecule has 1 aliphatic heterocycles. The zero-order chi connectivity index (χ0) is 27.6. The lowest BCUT2D eigenvalue weighted by Crippen LogP contribution is -2.53. The van der Waals surface area contributed by atoms with E-state index in [1.54, 1.807) is 20.8 Å². The van der Waals surface area contributed by atoms with Gasteiger partial charge in [-0.3, -0.25) is 14.4 Å². The van der Waals surface area contributed by atoms with Gasteiger partial charge in [-0.15, -0.1) is 6.58 Å². The number of benzene rings is 1. The van der Waals surface area contributed by atoms with E-state index in [-0.39, 0.29) is 63.8 Å². The van der Waals surface area contributed by atoms with Crippen LogP contribution in [0.2, 0.25) is 0 Å². The molecule has 0 radical (unpaired) electrons. The second-order valence-electron chi connectivity index (χ2n) is 11.7. The summed E-state index contributed by atoms with van der Waals surface area (Å²) in [6.07, 6.45) is 2.01. The van der Waals surface area contributed by atoms with E-state index in [0.29, 0.717) is 12.8 Å². The van der Waals surface area contributed by atoms with Crippen LogP contribution in [0.25, 0.3) is 0 Å². The number of hydrogen-bond acceptors (Lipinski definition) is 8. The summed E-state index contributed by atoms with van der Waals surface area (Å²) in [7, 11) is 0. The molecule has 0 spiro atoms. The molecule has 5 unspecified atom stereocenters. The molecule has 3 aliphatic rings. The first-order valence-electron chi connectivity index (χ1n) is 12.7. The minimum Gasteiger partial charge on any atom is -0.507 e. The third-order valence-corrected chi connectivity index (χ3v) is 8.40. The molecule has 0 bridgehead atoms. The van der Waals surface area contributed by atoms with E-state index in [1.807, 2.05) is 20.8 Å². The van der Waals surface area contributed by atoms with Gasteiger partial charge in [-0.05, 0) is 51.5 Å². The van der Waals surface area contributed by atoms with Crippen LogP contribution in [-0.2, 0) is 19.7 Å². The lowest BCUT2D eigenvalue weighted by Gasteiger charge is -2.51. The molecule has 1 heterocycles. The standard InChI is InChI=1S/C29H36O8/c1-8-29(7,12-30)22-18(31)10-16-20(24(22)33)25(34)26-21(23(16)32)15-9-14(4)19(36-27(35)13(2)3)11-17(15)28(5,6)37-26/h8,10,13-15,17,19,30-31,33H,1,9,11-12H2,2-7H3. The molecular weight excluding hydrogens is 476 g/mol. The number of Topliss-reactive ketones (excluding diaryl/α,β-unsaturated/α-hetero) is 2. The van der Waals surface area contributed by atoms with E-state index in [9.17, 15) is 29.7 Å². The number of rotatable bonds is 5. The first-order chi connectivity index (χ1) is 17.2. The van der Waals surface area contributed by atoms with Crippen LogP contribution in [0.3, 0.4) is 0 Å². The van der Waals surface area contributed by atoms with Gasteiger partial charge in [0, 0.05) is 28.0 Å². The van der Waals surface area contributed by atoms with E-state index in [1.165, 1.54) is 12.1 Å². The molecule has 1 fully saturated rings. The number of carbonyl (C=O) groups excluding carboxylic acids is 3. The van der Waals surface area contributed by atoms with Crippen LogP contribution in [-0.4, -0.2) is 51.2 Å². The molecule has 5 atom stereocenters. The van der Waals surface area contributed by atoms with Crippen molar-refractivity contribution >= 4 is 17.5 Å². The zero-order valence-electron chi connectivity index (χ0n) is 22.3. The Kier molecular flexibility index (Phi) is 6.56. The molecule has 1 aromatic rings. The molecule has 8 nitrogen and oxygen atoms in total. The third-order valence-electron chi connectivity index (χ3n) is 8.40. The van der Waals surface area contributed by atoms with Gasteiger partial charge in [-0.25, -0.2) is 0 Å². The highest BCUT2D eigenvalue weighted by atomic mass is 16.5. The fourth-order valence-electron chi connectivity index (χ4n) is 6.03. The second kappa shape index (κ2) is 9.01. The third kappa shape index (κ3) is 4.06. The molecule has 1 aromatic carbocycles. The first-order valence-corrected chi connectivity index (χ1v) is 12.7. The van der Waals surface area contributed by atoms with E-state index < -0.39 is 40.7 Å². The maximum absolute atomic E-state index is 13.9. The number of esters is 1.